The molecule has 6 nitrogen and oxygen atoms in total. The van der Waals surface area contributed by atoms with Gasteiger partial charge in [0.1, 0.15) is 11.4 Å². The van der Waals surface area contributed by atoms with Gasteiger partial charge in [-0.2, -0.15) is 0 Å². The molecule has 3 heterocycles. The number of benzene rings is 1. The molecule has 0 spiro atoms. The van der Waals surface area contributed by atoms with Gasteiger partial charge in [-0.15, -0.1) is 0 Å². The maximum absolute atomic E-state index is 12.9. The van der Waals surface area contributed by atoms with Crippen LogP contribution >= 0.6 is 0 Å². The average molecular weight is 320 g/mol. The van der Waals surface area contributed by atoms with Crippen molar-refractivity contribution in [2.45, 2.75) is 36.9 Å². The zero-order chi connectivity index (χ0) is 15.6. The molecular weight excluding hydrogens is 304 g/mol. The van der Waals surface area contributed by atoms with E-state index in [-0.39, 0.29) is 12.0 Å². The zero-order valence-electron chi connectivity index (χ0n) is 12.0. The molecule has 116 valence electrons. The van der Waals surface area contributed by atoms with Crippen LogP contribution in [0.3, 0.4) is 0 Å². The van der Waals surface area contributed by atoms with E-state index in [1.807, 2.05) is 0 Å². The summed E-state index contributed by atoms with van der Waals surface area (Å²) < 4.78 is 32.8. The highest BCUT2D eigenvalue weighted by atomic mass is 32.2. The monoisotopic (exact) mass is 320 g/mol. The van der Waals surface area contributed by atoms with E-state index in [1.165, 1.54) is 4.31 Å². The molecule has 1 aromatic rings. The first kappa shape index (κ1) is 14.0. The van der Waals surface area contributed by atoms with Gasteiger partial charge in [0.05, 0.1) is 18.8 Å². The largest absolute Gasteiger partial charge is 0.390 e. The van der Waals surface area contributed by atoms with E-state index in [2.05, 4.69) is 4.85 Å². The third-order valence-electron chi connectivity index (χ3n) is 5.02. The molecule has 3 fully saturated rings. The molecular formula is C15H16N2O4S. The van der Waals surface area contributed by atoms with Crippen molar-refractivity contribution in [1.82, 2.24) is 0 Å². The molecule has 1 N–H and O–H groups in total. The first-order valence-electron chi connectivity index (χ1n) is 7.26. The quantitative estimate of drug-likeness (QED) is 0.790. The van der Waals surface area contributed by atoms with Gasteiger partial charge in [-0.3, -0.25) is 4.31 Å². The predicted molar refractivity (Wildman–Crippen MR) is 80.3 cm³/mol. The number of rotatable bonds is 1. The number of aliphatic hydroxyl groups is 1. The lowest BCUT2D eigenvalue weighted by atomic mass is 9.87. The molecule has 5 atom stereocenters. The van der Waals surface area contributed by atoms with Crippen molar-refractivity contribution >= 4 is 21.4 Å². The molecule has 1 unspecified atom stereocenters. The molecule has 2 bridgehead atoms. The van der Waals surface area contributed by atoms with Crippen LogP contribution in [-0.2, 0) is 14.8 Å². The van der Waals surface area contributed by atoms with Crippen LogP contribution in [0.2, 0.25) is 0 Å². The van der Waals surface area contributed by atoms with Gasteiger partial charge in [-0.25, -0.2) is 13.3 Å². The maximum Gasteiger partial charge on any atom is 0.241 e. The number of sulfonamides is 1. The molecule has 3 aliphatic rings. The Bertz CT molecular complexity index is 785. The summed E-state index contributed by atoms with van der Waals surface area (Å²) in [5, 5.41) is 9.28. The second-order valence-electron chi connectivity index (χ2n) is 6.23. The summed E-state index contributed by atoms with van der Waals surface area (Å²) in [6, 6.07) is 5.07. The second kappa shape index (κ2) is 4.44. The highest BCUT2D eigenvalue weighted by molar-refractivity contribution is 7.93. The smallest absolute Gasteiger partial charge is 0.241 e. The summed E-state index contributed by atoms with van der Waals surface area (Å²) in [6.45, 7) is 9.27. The minimum Gasteiger partial charge on any atom is -0.390 e. The summed E-state index contributed by atoms with van der Waals surface area (Å²) in [5.74, 6) is -0.0840. The molecule has 3 aliphatic heterocycles. The van der Waals surface area contributed by atoms with Crippen LogP contribution < -0.4 is 4.31 Å². The SMILES string of the molecule is [C-]#[N+]c1ccc(N2C[C@H]3C4C[C@H](O)[C@@H](O4)[C@H]3S2(=O)=O)cc1C. The Morgan fingerprint density at radius 2 is 2.23 bits per heavy atom. The molecule has 0 aliphatic carbocycles. The zero-order valence-corrected chi connectivity index (χ0v) is 12.8. The number of aryl methyl sites for hydroxylation is 1. The van der Waals surface area contributed by atoms with Crippen LogP contribution in [0.25, 0.3) is 4.85 Å². The van der Waals surface area contributed by atoms with Gasteiger partial charge >= 0.3 is 0 Å². The van der Waals surface area contributed by atoms with E-state index < -0.39 is 27.5 Å². The number of nitrogens with zero attached hydrogens (tertiary/aromatic N) is 2. The van der Waals surface area contributed by atoms with Crippen LogP contribution in [-0.4, -0.2) is 43.6 Å². The predicted octanol–water partition coefficient (Wildman–Crippen LogP) is 1.21. The summed E-state index contributed by atoms with van der Waals surface area (Å²) in [4.78, 5) is 3.40. The summed E-state index contributed by atoms with van der Waals surface area (Å²) >= 11 is 0. The first-order chi connectivity index (χ1) is 10.4. The Morgan fingerprint density at radius 1 is 1.45 bits per heavy atom. The molecule has 1 aromatic carbocycles. The van der Waals surface area contributed by atoms with Crippen molar-refractivity contribution < 1.29 is 18.3 Å². The molecule has 0 amide bonds. The summed E-state index contributed by atoms with van der Waals surface area (Å²) in [7, 11) is -3.55. The van der Waals surface area contributed by atoms with E-state index in [4.69, 9.17) is 11.3 Å². The lowest BCUT2D eigenvalue weighted by Crippen LogP contribution is -2.42. The normalized spacial score (nSPS) is 38.0. The minimum atomic E-state index is -3.55. The Hall–Kier alpha value is -1.62. The van der Waals surface area contributed by atoms with E-state index in [9.17, 15) is 13.5 Å². The van der Waals surface area contributed by atoms with Crippen molar-refractivity contribution in [1.29, 1.82) is 0 Å². The Kier molecular flexibility index (Phi) is 2.83. The van der Waals surface area contributed by atoms with Gasteiger partial charge < -0.3 is 9.84 Å². The lowest BCUT2D eigenvalue weighted by Gasteiger charge is -2.23. The first-order valence-corrected chi connectivity index (χ1v) is 8.77. The average Bonchev–Trinajstić information content (AvgIpc) is 3.08. The van der Waals surface area contributed by atoms with Crippen LogP contribution in [0.4, 0.5) is 11.4 Å². The molecule has 0 saturated carbocycles. The number of hydrogen-bond donors (Lipinski definition) is 1. The Morgan fingerprint density at radius 3 is 2.91 bits per heavy atom. The van der Waals surface area contributed by atoms with Gasteiger partial charge in [-0.1, -0.05) is 6.07 Å². The number of ether oxygens (including phenoxy) is 1. The second-order valence-corrected chi connectivity index (χ2v) is 8.24. The van der Waals surface area contributed by atoms with Crippen molar-refractivity contribution in [3.8, 4) is 0 Å². The van der Waals surface area contributed by atoms with Crippen LogP contribution in [0, 0.1) is 19.4 Å². The summed E-state index contributed by atoms with van der Waals surface area (Å²) in [6.07, 6.45) is -0.945. The fraction of sp³-hybridized carbons (Fsp3) is 0.533. The lowest BCUT2D eigenvalue weighted by molar-refractivity contribution is 0.0534. The van der Waals surface area contributed by atoms with Gasteiger partial charge in [0.15, 0.2) is 5.69 Å². The highest BCUT2D eigenvalue weighted by Gasteiger charge is 2.64. The van der Waals surface area contributed by atoms with Gasteiger partial charge in [0, 0.05) is 24.6 Å². The van der Waals surface area contributed by atoms with Crippen LogP contribution in [0.5, 0.6) is 0 Å². The van der Waals surface area contributed by atoms with Crippen molar-refractivity contribution in [2.75, 3.05) is 10.8 Å². The topological polar surface area (TPSA) is 71.2 Å². The molecule has 3 saturated heterocycles. The van der Waals surface area contributed by atoms with Crippen LogP contribution in [0.1, 0.15) is 12.0 Å². The van der Waals surface area contributed by atoms with Crippen molar-refractivity contribution in [3.63, 3.8) is 0 Å². The number of fused-ring (bicyclic) bond motifs is 5. The fourth-order valence-electron chi connectivity index (χ4n) is 3.97. The van der Waals surface area contributed by atoms with Crippen molar-refractivity contribution in [2.24, 2.45) is 5.92 Å². The van der Waals surface area contributed by atoms with Gasteiger partial charge in [0.2, 0.25) is 10.0 Å². The minimum absolute atomic E-state index is 0.0840. The van der Waals surface area contributed by atoms with E-state index in [1.54, 1.807) is 25.1 Å². The third kappa shape index (κ3) is 1.69. The van der Waals surface area contributed by atoms with Crippen molar-refractivity contribution in [3.05, 3.63) is 35.2 Å². The van der Waals surface area contributed by atoms with Gasteiger partial charge in [0.25, 0.3) is 0 Å². The summed E-state index contributed by atoms with van der Waals surface area (Å²) in [5.41, 5.74) is 1.88. The fourth-order valence-corrected chi connectivity index (χ4v) is 6.34. The Labute approximate surface area is 129 Å². The number of hydrogen-bond acceptors (Lipinski definition) is 4. The standard InChI is InChI=1S/C15H16N2O4S/c1-8-5-9(3-4-11(8)16-2)17-7-10-13-6-12(18)14(21-13)15(10)22(17,19)20/h3-5,10,12-15,18H,6-7H2,1H3/t10-,12-,13?,14+,15-/m0/s1. The van der Waals surface area contributed by atoms with E-state index >= 15 is 0 Å². The Balaban J connectivity index is 1.73. The van der Waals surface area contributed by atoms with Crippen LogP contribution in [0.15, 0.2) is 18.2 Å². The van der Waals surface area contributed by atoms with E-state index in [0.717, 1.165) is 5.56 Å². The molecule has 0 radical (unpaired) electrons. The number of aliphatic hydroxyl groups excluding tert-OH is 1. The highest BCUT2D eigenvalue weighted by Crippen LogP contribution is 2.49. The van der Waals surface area contributed by atoms with Gasteiger partial charge in [-0.05, 0) is 24.6 Å². The third-order valence-corrected chi connectivity index (χ3v) is 7.30. The molecule has 4 rings (SSSR count). The molecule has 0 aromatic heterocycles. The maximum atomic E-state index is 12.9. The molecule has 7 heteroatoms. The molecule has 22 heavy (non-hydrogen) atoms. The van der Waals surface area contributed by atoms with E-state index in [0.29, 0.717) is 24.3 Å². The number of anilines is 1.